The van der Waals surface area contributed by atoms with E-state index in [0.29, 0.717) is 6.54 Å². The number of carbonyl (C=O) groups excluding carboxylic acids is 1. The normalized spacial score (nSPS) is 11.7. The lowest BCUT2D eigenvalue weighted by Crippen LogP contribution is -2.42. The van der Waals surface area contributed by atoms with Crippen molar-refractivity contribution in [2.45, 2.75) is 32.2 Å². The van der Waals surface area contributed by atoms with Gasteiger partial charge in [-0.2, -0.15) is 0 Å². The SMILES string of the molecule is CCCCC(CN)NC(=O)Nc1ccc(OC)cc1. The average molecular weight is 265 g/mol. The maximum absolute atomic E-state index is 11.8. The highest BCUT2D eigenvalue weighted by Gasteiger charge is 2.10. The lowest BCUT2D eigenvalue weighted by atomic mass is 10.1. The van der Waals surface area contributed by atoms with Crippen LogP contribution in [0.25, 0.3) is 0 Å². The molecular formula is C14H23N3O2. The number of amides is 2. The van der Waals surface area contributed by atoms with Crippen LogP contribution in [0.2, 0.25) is 0 Å². The van der Waals surface area contributed by atoms with E-state index in [4.69, 9.17) is 10.5 Å². The van der Waals surface area contributed by atoms with Gasteiger partial charge in [0.25, 0.3) is 0 Å². The Kier molecular flexibility index (Phi) is 6.74. The molecular weight excluding hydrogens is 242 g/mol. The first-order valence-corrected chi connectivity index (χ1v) is 6.61. The highest BCUT2D eigenvalue weighted by Crippen LogP contribution is 2.14. The largest absolute Gasteiger partial charge is 0.497 e. The lowest BCUT2D eigenvalue weighted by molar-refractivity contribution is 0.247. The second kappa shape index (κ2) is 8.37. The second-order valence-electron chi connectivity index (χ2n) is 4.40. The Morgan fingerprint density at radius 1 is 1.37 bits per heavy atom. The molecule has 1 aromatic rings. The predicted octanol–water partition coefficient (Wildman–Crippen LogP) is 2.33. The number of hydrogen-bond acceptors (Lipinski definition) is 3. The Morgan fingerprint density at radius 2 is 2.05 bits per heavy atom. The van der Waals surface area contributed by atoms with E-state index < -0.39 is 0 Å². The van der Waals surface area contributed by atoms with Crippen molar-refractivity contribution < 1.29 is 9.53 Å². The monoisotopic (exact) mass is 265 g/mol. The van der Waals surface area contributed by atoms with E-state index in [2.05, 4.69) is 17.6 Å². The van der Waals surface area contributed by atoms with Gasteiger partial charge in [-0.3, -0.25) is 0 Å². The number of urea groups is 1. The summed E-state index contributed by atoms with van der Waals surface area (Å²) in [7, 11) is 1.61. The molecule has 5 nitrogen and oxygen atoms in total. The minimum absolute atomic E-state index is 0.0261. The summed E-state index contributed by atoms with van der Waals surface area (Å²) in [6.45, 7) is 2.57. The van der Waals surface area contributed by atoms with Crippen molar-refractivity contribution >= 4 is 11.7 Å². The van der Waals surface area contributed by atoms with Crippen molar-refractivity contribution in [2.75, 3.05) is 19.0 Å². The van der Waals surface area contributed by atoms with Gasteiger partial charge in [0.05, 0.1) is 7.11 Å². The number of benzene rings is 1. The van der Waals surface area contributed by atoms with Crippen LogP contribution in [-0.2, 0) is 0 Å². The van der Waals surface area contributed by atoms with E-state index in [1.807, 2.05) is 0 Å². The summed E-state index contributed by atoms with van der Waals surface area (Å²) in [6, 6.07) is 6.99. The highest BCUT2D eigenvalue weighted by atomic mass is 16.5. The molecule has 0 bridgehead atoms. The van der Waals surface area contributed by atoms with Crippen molar-refractivity contribution in [3.8, 4) is 5.75 Å². The zero-order valence-corrected chi connectivity index (χ0v) is 11.6. The zero-order valence-electron chi connectivity index (χ0n) is 11.6. The van der Waals surface area contributed by atoms with Crippen molar-refractivity contribution in [2.24, 2.45) is 5.73 Å². The molecule has 0 aliphatic carbocycles. The van der Waals surface area contributed by atoms with E-state index in [1.54, 1.807) is 31.4 Å². The van der Waals surface area contributed by atoms with Crippen LogP contribution < -0.4 is 21.1 Å². The van der Waals surface area contributed by atoms with Crippen LogP contribution in [0.5, 0.6) is 5.75 Å². The van der Waals surface area contributed by atoms with E-state index >= 15 is 0 Å². The molecule has 0 fully saturated rings. The molecule has 1 atom stereocenters. The summed E-state index contributed by atoms with van der Waals surface area (Å²) < 4.78 is 5.06. The molecule has 0 spiro atoms. The van der Waals surface area contributed by atoms with Crippen molar-refractivity contribution in [1.29, 1.82) is 0 Å². The second-order valence-corrected chi connectivity index (χ2v) is 4.40. The van der Waals surface area contributed by atoms with Crippen LogP contribution in [0, 0.1) is 0 Å². The van der Waals surface area contributed by atoms with Gasteiger partial charge in [0.1, 0.15) is 5.75 Å². The Labute approximate surface area is 114 Å². The molecule has 19 heavy (non-hydrogen) atoms. The van der Waals surface area contributed by atoms with Gasteiger partial charge in [-0.05, 0) is 30.7 Å². The fourth-order valence-corrected chi connectivity index (χ4v) is 1.73. The molecule has 1 rings (SSSR count). The number of methoxy groups -OCH3 is 1. The summed E-state index contributed by atoms with van der Waals surface area (Å²) in [5.41, 5.74) is 6.36. The van der Waals surface area contributed by atoms with E-state index in [-0.39, 0.29) is 12.1 Å². The Balaban J connectivity index is 2.44. The Bertz CT molecular complexity index is 379. The van der Waals surface area contributed by atoms with Gasteiger partial charge in [-0.25, -0.2) is 4.79 Å². The first-order chi connectivity index (χ1) is 9.19. The number of hydrogen-bond donors (Lipinski definition) is 3. The predicted molar refractivity (Wildman–Crippen MR) is 77.5 cm³/mol. The maximum atomic E-state index is 11.8. The summed E-state index contributed by atoms with van der Waals surface area (Å²) >= 11 is 0. The average Bonchev–Trinajstić information content (AvgIpc) is 2.44. The summed E-state index contributed by atoms with van der Waals surface area (Å²) in [6.07, 6.45) is 3.06. The minimum atomic E-state index is -0.225. The van der Waals surface area contributed by atoms with E-state index in [9.17, 15) is 4.79 Å². The molecule has 0 heterocycles. The number of rotatable bonds is 7. The molecule has 5 heteroatoms. The van der Waals surface area contributed by atoms with Crippen LogP contribution in [0.1, 0.15) is 26.2 Å². The Hall–Kier alpha value is -1.75. The maximum Gasteiger partial charge on any atom is 0.319 e. The first-order valence-electron chi connectivity index (χ1n) is 6.61. The van der Waals surface area contributed by atoms with Crippen molar-refractivity contribution in [1.82, 2.24) is 5.32 Å². The molecule has 0 radical (unpaired) electrons. The van der Waals surface area contributed by atoms with E-state index in [0.717, 1.165) is 30.7 Å². The van der Waals surface area contributed by atoms with Gasteiger partial charge >= 0.3 is 6.03 Å². The molecule has 4 N–H and O–H groups in total. The molecule has 2 amide bonds. The van der Waals surface area contributed by atoms with Crippen LogP contribution in [0.15, 0.2) is 24.3 Å². The van der Waals surface area contributed by atoms with E-state index in [1.165, 1.54) is 0 Å². The van der Waals surface area contributed by atoms with Crippen LogP contribution >= 0.6 is 0 Å². The molecule has 1 aromatic carbocycles. The zero-order chi connectivity index (χ0) is 14.1. The Morgan fingerprint density at radius 3 is 2.58 bits per heavy atom. The highest BCUT2D eigenvalue weighted by molar-refractivity contribution is 5.89. The first kappa shape index (κ1) is 15.3. The molecule has 0 aromatic heterocycles. The third-order valence-corrected chi connectivity index (χ3v) is 2.87. The van der Waals surface area contributed by atoms with Crippen LogP contribution in [0.4, 0.5) is 10.5 Å². The minimum Gasteiger partial charge on any atom is -0.497 e. The number of anilines is 1. The molecule has 0 aliphatic heterocycles. The summed E-state index contributed by atoms with van der Waals surface area (Å²) in [4.78, 5) is 11.8. The fraction of sp³-hybridized carbons (Fsp3) is 0.500. The molecule has 0 saturated heterocycles. The lowest BCUT2D eigenvalue weighted by Gasteiger charge is -2.17. The third kappa shape index (κ3) is 5.61. The summed E-state index contributed by atoms with van der Waals surface area (Å²) in [5.74, 6) is 0.758. The van der Waals surface area contributed by atoms with Crippen molar-refractivity contribution in [3.05, 3.63) is 24.3 Å². The van der Waals surface area contributed by atoms with Crippen LogP contribution in [-0.4, -0.2) is 25.7 Å². The van der Waals surface area contributed by atoms with Gasteiger partial charge in [-0.15, -0.1) is 0 Å². The molecule has 0 aliphatic rings. The smallest absolute Gasteiger partial charge is 0.319 e. The number of ether oxygens (including phenoxy) is 1. The fourth-order valence-electron chi connectivity index (χ4n) is 1.73. The van der Waals surface area contributed by atoms with Gasteiger partial charge in [0.2, 0.25) is 0 Å². The standard InChI is InChI=1S/C14H23N3O2/c1-3-4-5-12(10-15)17-14(18)16-11-6-8-13(19-2)9-7-11/h6-9,12H,3-5,10,15H2,1-2H3,(H2,16,17,18). The number of unbranched alkanes of at least 4 members (excludes halogenated alkanes) is 1. The topological polar surface area (TPSA) is 76.4 Å². The van der Waals surface area contributed by atoms with Crippen LogP contribution in [0.3, 0.4) is 0 Å². The number of nitrogens with two attached hydrogens (primary N) is 1. The van der Waals surface area contributed by atoms with Crippen molar-refractivity contribution in [3.63, 3.8) is 0 Å². The van der Waals surface area contributed by atoms with Gasteiger partial charge in [0, 0.05) is 18.3 Å². The number of nitrogens with one attached hydrogen (secondary N) is 2. The third-order valence-electron chi connectivity index (χ3n) is 2.87. The molecule has 0 saturated carbocycles. The molecule has 106 valence electrons. The number of carbonyl (C=O) groups is 1. The quantitative estimate of drug-likeness (QED) is 0.708. The molecule has 1 unspecified atom stereocenters. The van der Waals surface area contributed by atoms with Gasteiger partial charge in [0.15, 0.2) is 0 Å². The van der Waals surface area contributed by atoms with Gasteiger partial charge < -0.3 is 21.1 Å². The van der Waals surface area contributed by atoms with Gasteiger partial charge in [-0.1, -0.05) is 19.8 Å². The summed E-state index contributed by atoms with van der Waals surface area (Å²) in [5, 5.41) is 5.65.